The van der Waals surface area contributed by atoms with E-state index < -0.39 is 0 Å². The Balaban J connectivity index is 2.21. The lowest BCUT2D eigenvalue weighted by Crippen LogP contribution is -2.43. The molecule has 1 saturated heterocycles. The topological polar surface area (TPSA) is 40.5 Å². The summed E-state index contributed by atoms with van der Waals surface area (Å²) in [7, 11) is 0. The Morgan fingerprint density at radius 2 is 2.12 bits per heavy atom. The second-order valence-corrected chi connectivity index (χ2v) is 4.68. The highest BCUT2D eigenvalue weighted by atomic mass is 16.3. The van der Waals surface area contributed by atoms with Gasteiger partial charge in [-0.3, -0.25) is 4.79 Å². The van der Waals surface area contributed by atoms with Gasteiger partial charge in [-0.2, -0.15) is 0 Å². The summed E-state index contributed by atoms with van der Waals surface area (Å²) in [5.74, 6) is 0.251. The number of aliphatic hydroxyl groups is 1. The summed E-state index contributed by atoms with van der Waals surface area (Å²) in [6, 6.07) is 9.57. The maximum Gasteiger partial charge on any atom is 0.225 e. The highest BCUT2D eigenvalue weighted by Crippen LogP contribution is 2.27. The van der Waals surface area contributed by atoms with Gasteiger partial charge in [-0.15, -0.1) is 0 Å². The summed E-state index contributed by atoms with van der Waals surface area (Å²) < 4.78 is 0. The van der Waals surface area contributed by atoms with Crippen LogP contribution in [-0.4, -0.2) is 29.1 Å². The van der Waals surface area contributed by atoms with Crippen molar-refractivity contribution in [2.45, 2.75) is 25.8 Å². The Morgan fingerprint density at radius 1 is 1.41 bits per heavy atom. The van der Waals surface area contributed by atoms with E-state index in [1.807, 2.05) is 42.2 Å². The molecule has 3 heteroatoms. The summed E-state index contributed by atoms with van der Waals surface area (Å²) in [4.78, 5) is 13.9. The van der Waals surface area contributed by atoms with Crippen LogP contribution in [0.1, 0.15) is 31.4 Å². The molecule has 3 nitrogen and oxygen atoms in total. The maximum atomic E-state index is 12.1. The number of carbonyl (C=O) groups is 1. The molecular weight excluding hydrogens is 214 g/mol. The van der Waals surface area contributed by atoms with Crippen LogP contribution in [0.25, 0.3) is 0 Å². The number of benzene rings is 1. The van der Waals surface area contributed by atoms with Crippen LogP contribution < -0.4 is 0 Å². The average Bonchev–Trinajstić information content (AvgIpc) is 2.37. The quantitative estimate of drug-likeness (QED) is 0.867. The summed E-state index contributed by atoms with van der Waals surface area (Å²) >= 11 is 0. The minimum atomic E-state index is -0.188. The molecule has 0 bridgehead atoms. The third-order valence-electron chi connectivity index (χ3n) is 3.47. The van der Waals surface area contributed by atoms with Crippen LogP contribution >= 0.6 is 0 Å². The fourth-order valence-electron chi connectivity index (χ4n) is 2.45. The summed E-state index contributed by atoms with van der Waals surface area (Å²) in [5, 5.41) is 9.54. The van der Waals surface area contributed by atoms with E-state index in [0.29, 0.717) is 0 Å². The number of carbonyl (C=O) groups excluding carboxylic acids is 1. The van der Waals surface area contributed by atoms with Gasteiger partial charge in [0, 0.05) is 12.5 Å². The molecule has 1 aromatic carbocycles. The molecule has 0 radical (unpaired) electrons. The van der Waals surface area contributed by atoms with Gasteiger partial charge < -0.3 is 10.0 Å². The first-order chi connectivity index (χ1) is 8.24. The monoisotopic (exact) mass is 233 g/mol. The molecule has 0 unspecified atom stereocenters. The van der Waals surface area contributed by atoms with Crippen LogP contribution in [0.5, 0.6) is 0 Å². The molecule has 2 rings (SSSR count). The van der Waals surface area contributed by atoms with Gasteiger partial charge in [0.25, 0.3) is 0 Å². The van der Waals surface area contributed by atoms with Crippen molar-refractivity contribution in [1.82, 2.24) is 4.90 Å². The summed E-state index contributed by atoms with van der Waals surface area (Å²) in [5.41, 5.74) is 1.01. The van der Waals surface area contributed by atoms with Crippen molar-refractivity contribution in [1.29, 1.82) is 0 Å². The van der Waals surface area contributed by atoms with E-state index in [1.165, 1.54) is 0 Å². The number of hydrogen-bond donors (Lipinski definition) is 1. The minimum absolute atomic E-state index is 0.0114. The third-order valence-corrected chi connectivity index (χ3v) is 3.47. The number of hydrogen-bond acceptors (Lipinski definition) is 2. The smallest absolute Gasteiger partial charge is 0.225 e. The molecule has 0 aromatic heterocycles. The van der Waals surface area contributed by atoms with Crippen molar-refractivity contribution in [3.63, 3.8) is 0 Å². The minimum Gasteiger partial charge on any atom is -0.394 e. The molecule has 0 spiro atoms. The number of nitrogens with zero attached hydrogens (tertiary/aromatic N) is 1. The van der Waals surface area contributed by atoms with E-state index in [-0.39, 0.29) is 24.5 Å². The van der Waals surface area contributed by atoms with Crippen molar-refractivity contribution in [2.24, 2.45) is 5.92 Å². The van der Waals surface area contributed by atoms with Crippen molar-refractivity contribution in [3.8, 4) is 0 Å². The van der Waals surface area contributed by atoms with Crippen molar-refractivity contribution < 1.29 is 9.90 Å². The van der Waals surface area contributed by atoms with Crippen LogP contribution in [0.4, 0.5) is 0 Å². The molecule has 1 fully saturated rings. The summed E-state index contributed by atoms with van der Waals surface area (Å²) in [6.07, 6.45) is 1.98. The van der Waals surface area contributed by atoms with Crippen LogP contribution in [0.2, 0.25) is 0 Å². The van der Waals surface area contributed by atoms with E-state index in [2.05, 4.69) is 0 Å². The number of aliphatic hydroxyl groups excluding tert-OH is 1. The molecule has 2 atom stereocenters. The van der Waals surface area contributed by atoms with Gasteiger partial charge in [-0.1, -0.05) is 37.3 Å². The lowest BCUT2D eigenvalue weighted by Gasteiger charge is -2.36. The maximum absolute atomic E-state index is 12.1. The SMILES string of the molecule is C[C@H]1CCCN([C@@H](CO)c2ccccc2)C1=O. The number of likely N-dealkylation sites (tertiary alicyclic amines) is 1. The summed E-state index contributed by atoms with van der Waals surface area (Å²) in [6.45, 7) is 2.71. The molecule has 0 saturated carbocycles. The van der Waals surface area contributed by atoms with Crippen molar-refractivity contribution in [3.05, 3.63) is 35.9 Å². The second kappa shape index (κ2) is 5.32. The van der Waals surface area contributed by atoms with E-state index in [4.69, 9.17) is 0 Å². The van der Waals surface area contributed by atoms with Crippen molar-refractivity contribution in [2.75, 3.05) is 13.2 Å². The highest BCUT2D eigenvalue weighted by molar-refractivity contribution is 5.79. The van der Waals surface area contributed by atoms with Gasteiger partial charge >= 0.3 is 0 Å². The highest BCUT2D eigenvalue weighted by Gasteiger charge is 2.30. The molecule has 1 aromatic rings. The first kappa shape index (κ1) is 12.1. The van der Waals surface area contributed by atoms with Gasteiger partial charge in [-0.05, 0) is 18.4 Å². The van der Waals surface area contributed by atoms with Crippen molar-refractivity contribution >= 4 is 5.91 Å². The molecule has 1 aliphatic heterocycles. The van der Waals surface area contributed by atoms with Gasteiger partial charge in [0.15, 0.2) is 0 Å². The van der Waals surface area contributed by atoms with E-state index in [1.54, 1.807) is 0 Å². The van der Waals surface area contributed by atoms with Gasteiger partial charge in [-0.25, -0.2) is 0 Å². The number of piperidine rings is 1. The number of rotatable bonds is 3. The standard InChI is InChI=1S/C14H19NO2/c1-11-6-5-9-15(14(11)17)13(10-16)12-7-3-2-4-8-12/h2-4,7-8,11,13,16H,5-6,9-10H2,1H3/t11-,13-/m0/s1. The average molecular weight is 233 g/mol. The zero-order valence-corrected chi connectivity index (χ0v) is 10.2. The van der Waals surface area contributed by atoms with E-state index in [9.17, 15) is 9.90 Å². The first-order valence-corrected chi connectivity index (χ1v) is 6.20. The molecule has 92 valence electrons. The Kier molecular flexibility index (Phi) is 3.79. The molecule has 1 amide bonds. The van der Waals surface area contributed by atoms with Crippen LogP contribution in [0.15, 0.2) is 30.3 Å². The Hall–Kier alpha value is -1.35. The normalized spacial score (nSPS) is 22.6. The molecule has 17 heavy (non-hydrogen) atoms. The van der Waals surface area contributed by atoms with Gasteiger partial charge in [0.2, 0.25) is 5.91 Å². The lowest BCUT2D eigenvalue weighted by atomic mass is 9.95. The molecule has 1 aliphatic rings. The molecule has 1 N–H and O–H groups in total. The van der Waals surface area contributed by atoms with Crippen LogP contribution in [-0.2, 0) is 4.79 Å². The molecule has 0 aliphatic carbocycles. The second-order valence-electron chi connectivity index (χ2n) is 4.68. The largest absolute Gasteiger partial charge is 0.394 e. The zero-order valence-electron chi connectivity index (χ0n) is 10.2. The Bertz CT molecular complexity index is 377. The third kappa shape index (κ3) is 2.50. The van der Waals surface area contributed by atoms with E-state index in [0.717, 1.165) is 24.9 Å². The predicted molar refractivity (Wildman–Crippen MR) is 66.4 cm³/mol. The van der Waals surface area contributed by atoms with Gasteiger partial charge in [0.1, 0.15) is 0 Å². The zero-order chi connectivity index (χ0) is 12.3. The van der Waals surface area contributed by atoms with E-state index >= 15 is 0 Å². The fourth-order valence-corrected chi connectivity index (χ4v) is 2.45. The van der Waals surface area contributed by atoms with Crippen LogP contribution in [0, 0.1) is 5.92 Å². The first-order valence-electron chi connectivity index (χ1n) is 6.20. The molecular formula is C14H19NO2. The fraction of sp³-hybridized carbons (Fsp3) is 0.500. The molecule has 1 heterocycles. The predicted octanol–water partition coefficient (Wildman–Crippen LogP) is 1.98. The Labute approximate surface area is 102 Å². The van der Waals surface area contributed by atoms with Crippen LogP contribution in [0.3, 0.4) is 0 Å². The lowest BCUT2D eigenvalue weighted by molar-refractivity contribution is -0.141. The number of amides is 1. The van der Waals surface area contributed by atoms with Gasteiger partial charge in [0.05, 0.1) is 12.6 Å². The Morgan fingerprint density at radius 3 is 2.76 bits per heavy atom.